The predicted octanol–water partition coefficient (Wildman–Crippen LogP) is 1.88. The van der Waals surface area contributed by atoms with Gasteiger partial charge in [-0.2, -0.15) is 0 Å². The third-order valence-electron chi connectivity index (χ3n) is 3.85. The molecular formula is C20H25FN2O5S. The summed E-state index contributed by atoms with van der Waals surface area (Å²) in [5.74, 6) is -0.0882. The van der Waals surface area contributed by atoms with Crippen LogP contribution in [-0.2, 0) is 26.0 Å². The molecule has 0 heterocycles. The number of hydrogen-bond acceptors (Lipinski definition) is 5. The van der Waals surface area contributed by atoms with Crippen LogP contribution in [0.5, 0.6) is 5.75 Å². The monoisotopic (exact) mass is 424 g/mol. The SMILES string of the molecule is CCOCCOc1ccc(S(=O)(=O)NCCNC(=O)Cc2ccc(F)cc2)cc1. The fourth-order valence-electron chi connectivity index (χ4n) is 2.40. The molecule has 0 bridgehead atoms. The summed E-state index contributed by atoms with van der Waals surface area (Å²) >= 11 is 0. The number of sulfonamides is 1. The number of halogens is 1. The van der Waals surface area contributed by atoms with Crippen LogP contribution in [0.25, 0.3) is 0 Å². The van der Waals surface area contributed by atoms with Crippen molar-refractivity contribution >= 4 is 15.9 Å². The highest BCUT2D eigenvalue weighted by atomic mass is 32.2. The van der Waals surface area contributed by atoms with Crippen molar-refractivity contribution in [2.24, 2.45) is 0 Å². The first-order chi connectivity index (χ1) is 13.9. The van der Waals surface area contributed by atoms with E-state index in [-0.39, 0.29) is 36.1 Å². The second kappa shape index (κ2) is 11.5. The molecule has 0 aliphatic rings. The van der Waals surface area contributed by atoms with Gasteiger partial charge in [0.25, 0.3) is 0 Å². The van der Waals surface area contributed by atoms with Crippen LogP contribution in [0.1, 0.15) is 12.5 Å². The molecule has 0 spiro atoms. The van der Waals surface area contributed by atoms with Crippen LogP contribution in [0.2, 0.25) is 0 Å². The Morgan fingerprint density at radius 2 is 1.69 bits per heavy atom. The van der Waals surface area contributed by atoms with Crippen LogP contribution in [0.4, 0.5) is 4.39 Å². The topological polar surface area (TPSA) is 93.7 Å². The lowest BCUT2D eigenvalue weighted by molar-refractivity contribution is -0.120. The third kappa shape index (κ3) is 8.18. The molecule has 1 amide bonds. The highest BCUT2D eigenvalue weighted by Gasteiger charge is 2.13. The van der Waals surface area contributed by atoms with Gasteiger partial charge in [-0.3, -0.25) is 4.79 Å². The van der Waals surface area contributed by atoms with Gasteiger partial charge in [0.2, 0.25) is 15.9 Å². The normalized spacial score (nSPS) is 11.2. The lowest BCUT2D eigenvalue weighted by atomic mass is 10.1. The number of amides is 1. The maximum Gasteiger partial charge on any atom is 0.240 e. The zero-order valence-electron chi connectivity index (χ0n) is 16.2. The quantitative estimate of drug-likeness (QED) is 0.508. The van der Waals surface area contributed by atoms with E-state index in [1.165, 1.54) is 36.4 Å². The standard InChI is InChI=1S/C20H25FN2O5S/c1-2-27-13-14-28-18-7-9-19(10-8-18)29(25,26)23-12-11-22-20(24)15-16-3-5-17(21)6-4-16/h3-10,23H,2,11-15H2,1H3,(H,22,24). The first-order valence-electron chi connectivity index (χ1n) is 9.22. The zero-order chi connectivity index (χ0) is 21.1. The molecule has 0 aliphatic carbocycles. The van der Waals surface area contributed by atoms with Crippen LogP contribution < -0.4 is 14.8 Å². The minimum Gasteiger partial charge on any atom is -0.491 e. The first kappa shape index (κ1) is 22.8. The molecule has 0 unspecified atom stereocenters. The molecule has 9 heteroatoms. The summed E-state index contributed by atoms with van der Waals surface area (Å²) in [6.45, 7) is 3.53. The van der Waals surface area contributed by atoms with Crippen molar-refractivity contribution in [2.45, 2.75) is 18.2 Å². The van der Waals surface area contributed by atoms with Gasteiger partial charge in [-0.1, -0.05) is 12.1 Å². The first-order valence-corrected chi connectivity index (χ1v) is 10.7. The Hall–Kier alpha value is -2.49. The van der Waals surface area contributed by atoms with E-state index < -0.39 is 10.0 Å². The van der Waals surface area contributed by atoms with Gasteiger partial charge in [-0.15, -0.1) is 0 Å². The Morgan fingerprint density at radius 1 is 1.00 bits per heavy atom. The van der Waals surface area contributed by atoms with E-state index in [0.29, 0.717) is 31.1 Å². The average molecular weight is 424 g/mol. The minimum absolute atomic E-state index is 0.0457. The number of rotatable bonds is 12. The van der Waals surface area contributed by atoms with Crippen molar-refractivity contribution < 1.29 is 27.1 Å². The molecule has 0 saturated heterocycles. The van der Waals surface area contributed by atoms with Gasteiger partial charge in [-0.05, 0) is 48.9 Å². The van der Waals surface area contributed by atoms with E-state index in [1.54, 1.807) is 12.1 Å². The lowest BCUT2D eigenvalue weighted by Gasteiger charge is -2.10. The Morgan fingerprint density at radius 3 is 2.34 bits per heavy atom. The van der Waals surface area contributed by atoms with Crippen LogP contribution in [0, 0.1) is 5.82 Å². The number of carbonyl (C=O) groups excluding carboxylic acids is 1. The van der Waals surface area contributed by atoms with Gasteiger partial charge in [0.1, 0.15) is 18.2 Å². The Kier molecular flexibility index (Phi) is 9.04. The second-order valence-electron chi connectivity index (χ2n) is 6.07. The molecular weight excluding hydrogens is 399 g/mol. The van der Waals surface area contributed by atoms with Gasteiger partial charge in [0, 0.05) is 19.7 Å². The van der Waals surface area contributed by atoms with Gasteiger partial charge >= 0.3 is 0 Å². The summed E-state index contributed by atoms with van der Waals surface area (Å²) in [6, 6.07) is 11.7. The third-order valence-corrected chi connectivity index (χ3v) is 5.33. The molecule has 2 N–H and O–H groups in total. The van der Waals surface area contributed by atoms with Gasteiger partial charge in [0.05, 0.1) is 17.9 Å². The second-order valence-corrected chi connectivity index (χ2v) is 7.83. The van der Waals surface area contributed by atoms with Gasteiger partial charge in [-0.25, -0.2) is 17.5 Å². The molecule has 29 heavy (non-hydrogen) atoms. The van der Waals surface area contributed by atoms with Crippen molar-refractivity contribution in [2.75, 3.05) is 32.9 Å². The Balaban J connectivity index is 1.73. The summed E-state index contributed by atoms with van der Waals surface area (Å²) in [5.41, 5.74) is 0.674. The van der Waals surface area contributed by atoms with E-state index in [4.69, 9.17) is 9.47 Å². The van der Waals surface area contributed by atoms with Crippen LogP contribution in [0.15, 0.2) is 53.4 Å². The summed E-state index contributed by atoms with van der Waals surface area (Å²) < 4.78 is 50.5. The Bertz CT molecular complexity index is 871. The van der Waals surface area contributed by atoms with Gasteiger partial charge < -0.3 is 14.8 Å². The molecule has 7 nitrogen and oxygen atoms in total. The molecule has 2 aromatic carbocycles. The summed E-state index contributed by atoms with van der Waals surface area (Å²) in [6.07, 6.45) is 0.0950. The molecule has 0 aromatic heterocycles. The summed E-state index contributed by atoms with van der Waals surface area (Å²) in [5, 5.41) is 2.62. The average Bonchev–Trinajstić information content (AvgIpc) is 2.71. The number of nitrogens with one attached hydrogen (secondary N) is 2. The van der Waals surface area contributed by atoms with Crippen molar-refractivity contribution in [3.63, 3.8) is 0 Å². The Labute approximate surface area is 170 Å². The number of benzene rings is 2. The largest absolute Gasteiger partial charge is 0.491 e. The summed E-state index contributed by atoms with van der Waals surface area (Å²) in [4.78, 5) is 12.0. The highest BCUT2D eigenvalue weighted by molar-refractivity contribution is 7.89. The van der Waals surface area contributed by atoms with E-state index in [9.17, 15) is 17.6 Å². The minimum atomic E-state index is -3.69. The van der Waals surface area contributed by atoms with E-state index >= 15 is 0 Å². The number of carbonyl (C=O) groups is 1. The van der Waals surface area contributed by atoms with Gasteiger partial charge in [0.15, 0.2) is 0 Å². The van der Waals surface area contributed by atoms with Crippen LogP contribution in [-0.4, -0.2) is 47.2 Å². The number of ether oxygens (including phenoxy) is 2. The number of hydrogen-bond donors (Lipinski definition) is 2. The molecule has 2 aromatic rings. The van der Waals surface area contributed by atoms with Crippen molar-refractivity contribution in [1.82, 2.24) is 10.0 Å². The van der Waals surface area contributed by atoms with Crippen LogP contribution >= 0.6 is 0 Å². The van der Waals surface area contributed by atoms with Crippen LogP contribution in [0.3, 0.4) is 0 Å². The fourth-order valence-corrected chi connectivity index (χ4v) is 3.43. The molecule has 0 radical (unpaired) electrons. The molecule has 0 atom stereocenters. The smallest absolute Gasteiger partial charge is 0.240 e. The maximum absolute atomic E-state index is 12.9. The van der Waals surface area contributed by atoms with Crippen molar-refractivity contribution in [1.29, 1.82) is 0 Å². The highest BCUT2D eigenvalue weighted by Crippen LogP contribution is 2.15. The van der Waals surface area contributed by atoms with E-state index in [1.807, 2.05) is 6.92 Å². The fraction of sp³-hybridized carbons (Fsp3) is 0.350. The predicted molar refractivity (Wildman–Crippen MR) is 107 cm³/mol. The lowest BCUT2D eigenvalue weighted by Crippen LogP contribution is -2.35. The van der Waals surface area contributed by atoms with E-state index in [2.05, 4.69) is 10.0 Å². The summed E-state index contributed by atoms with van der Waals surface area (Å²) in [7, 11) is -3.69. The van der Waals surface area contributed by atoms with Crippen molar-refractivity contribution in [3.05, 3.63) is 59.9 Å². The van der Waals surface area contributed by atoms with E-state index in [0.717, 1.165) is 0 Å². The zero-order valence-corrected chi connectivity index (χ0v) is 17.0. The molecule has 0 aliphatic heterocycles. The molecule has 2 rings (SSSR count). The maximum atomic E-state index is 12.9. The molecule has 158 valence electrons. The van der Waals surface area contributed by atoms with Crippen molar-refractivity contribution in [3.8, 4) is 5.75 Å². The molecule has 0 saturated carbocycles. The molecule has 0 fully saturated rings.